The Kier molecular flexibility index (Phi) is 2.09. The van der Waals surface area contributed by atoms with E-state index in [4.69, 9.17) is 5.26 Å². The van der Waals surface area contributed by atoms with Crippen molar-refractivity contribution >= 4 is 5.78 Å². The van der Waals surface area contributed by atoms with Crippen LogP contribution in [0.15, 0.2) is 30.3 Å². The molecule has 1 aliphatic rings. The first kappa shape index (κ1) is 8.96. The van der Waals surface area contributed by atoms with E-state index in [9.17, 15) is 4.79 Å². The monoisotopic (exact) mass is 185 g/mol. The van der Waals surface area contributed by atoms with Crippen molar-refractivity contribution in [3.63, 3.8) is 0 Å². The number of hydrogen-bond donors (Lipinski definition) is 0. The molecule has 0 aromatic heterocycles. The average molecular weight is 185 g/mol. The zero-order chi connectivity index (χ0) is 10.0. The normalized spacial score (nSPS) is 17.9. The van der Waals surface area contributed by atoms with E-state index in [0.717, 1.165) is 19.3 Å². The van der Waals surface area contributed by atoms with Crippen LogP contribution in [0.5, 0.6) is 0 Å². The van der Waals surface area contributed by atoms with Crippen LogP contribution >= 0.6 is 0 Å². The van der Waals surface area contributed by atoms with Crippen molar-refractivity contribution in [3.05, 3.63) is 35.9 Å². The Labute approximate surface area is 83.2 Å². The third-order valence-corrected chi connectivity index (χ3v) is 2.89. The summed E-state index contributed by atoms with van der Waals surface area (Å²) >= 11 is 0. The number of carbonyl (C=O) groups is 1. The molecule has 0 radical (unpaired) electrons. The molecule has 0 heterocycles. The molecular weight excluding hydrogens is 174 g/mol. The van der Waals surface area contributed by atoms with Gasteiger partial charge >= 0.3 is 0 Å². The first-order valence-electron chi connectivity index (χ1n) is 4.80. The molecule has 14 heavy (non-hydrogen) atoms. The lowest BCUT2D eigenvalue weighted by Gasteiger charge is -2.33. The molecule has 0 amide bonds. The summed E-state index contributed by atoms with van der Waals surface area (Å²) in [6, 6.07) is 11.3. The predicted molar refractivity (Wildman–Crippen MR) is 52.7 cm³/mol. The Hall–Kier alpha value is -1.62. The van der Waals surface area contributed by atoms with Crippen LogP contribution in [0.1, 0.15) is 29.6 Å². The van der Waals surface area contributed by atoms with E-state index in [2.05, 4.69) is 6.07 Å². The van der Waals surface area contributed by atoms with Gasteiger partial charge in [-0.1, -0.05) is 30.3 Å². The highest BCUT2D eigenvalue weighted by Gasteiger charge is 2.44. The van der Waals surface area contributed by atoms with Gasteiger partial charge in [-0.05, 0) is 19.3 Å². The standard InChI is InChI=1S/C12H11NO/c13-9-12(7-4-8-12)11(14)10-5-2-1-3-6-10/h1-3,5-6H,4,7-8H2. The van der Waals surface area contributed by atoms with Crippen LogP contribution in [0.2, 0.25) is 0 Å². The van der Waals surface area contributed by atoms with Crippen LogP contribution in [0.3, 0.4) is 0 Å². The molecule has 70 valence electrons. The summed E-state index contributed by atoms with van der Waals surface area (Å²) in [5, 5.41) is 9.00. The summed E-state index contributed by atoms with van der Waals surface area (Å²) in [7, 11) is 0. The van der Waals surface area contributed by atoms with E-state index in [1.807, 2.05) is 18.2 Å². The quantitative estimate of drug-likeness (QED) is 0.664. The van der Waals surface area contributed by atoms with Gasteiger partial charge in [-0.2, -0.15) is 5.26 Å². The highest BCUT2D eigenvalue weighted by Crippen LogP contribution is 2.42. The van der Waals surface area contributed by atoms with E-state index in [-0.39, 0.29) is 5.78 Å². The number of carbonyl (C=O) groups excluding carboxylic acids is 1. The molecule has 2 heteroatoms. The highest BCUT2D eigenvalue weighted by molar-refractivity contribution is 6.02. The molecule has 1 aliphatic carbocycles. The second-order valence-electron chi connectivity index (χ2n) is 3.74. The Balaban J connectivity index is 2.29. The fourth-order valence-corrected chi connectivity index (χ4v) is 1.79. The van der Waals surface area contributed by atoms with Crippen LogP contribution in [-0.4, -0.2) is 5.78 Å². The molecule has 1 saturated carbocycles. The number of Topliss-reactive ketones (excluding diaryl/α,β-unsaturated/α-hetero) is 1. The molecule has 0 atom stereocenters. The minimum atomic E-state index is -0.707. The third-order valence-electron chi connectivity index (χ3n) is 2.89. The molecule has 1 fully saturated rings. The Bertz CT molecular complexity index is 385. The third kappa shape index (κ3) is 1.22. The second-order valence-corrected chi connectivity index (χ2v) is 3.74. The summed E-state index contributed by atoms with van der Waals surface area (Å²) in [5.41, 5.74) is -0.0461. The van der Waals surface area contributed by atoms with Gasteiger partial charge in [-0.3, -0.25) is 4.79 Å². The van der Waals surface area contributed by atoms with Crippen molar-refractivity contribution in [2.45, 2.75) is 19.3 Å². The van der Waals surface area contributed by atoms with E-state index in [0.29, 0.717) is 5.56 Å². The van der Waals surface area contributed by atoms with Crippen LogP contribution in [0.25, 0.3) is 0 Å². The molecule has 0 unspecified atom stereocenters. The Morgan fingerprint density at radius 1 is 1.29 bits per heavy atom. The van der Waals surface area contributed by atoms with Crippen molar-refractivity contribution in [1.82, 2.24) is 0 Å². The lowest BCUT2D eigenvalue weighted by molar-refractivity contribution is 0.0748. The lowest BCUT2D eigenvalue weighted by atomic mass is 9.66. The van der Waals surface area contributed by atoms with Gasteiger partial charge in [0.2, 0.25) is 0 Å². The second kappa shape index (κ2) is 3.26. The van der Waals surface area contributed by atoms with E-state index >= 15 is 0 Å². The molecule has 0 spiro atoms. The summed E-state index contributed by atoms with van der Waals surface area (Å²) < 4.78 is 0. The SMILES string of the molecule is N#CC1(C(=O)c2ccccc2)CCC1. The van der Waals surface area contributed by atoms with Crippen LogP contribution in [0.4, 0.5) is 0 Å². The zero-order valence-electron chi connectivity index (χ0n) is 7.86. The maximum atomic E-state index is 12.0. The fourth-order valence-electron chi connectivity index (χ4n) is 1.79. The number of nitriles is 1. The Morgan fingerprint density at radius 2 is 1.93 bits per heavy atom. The molecule has 0 N–H and O–H groups in total. The maximum absolute atomic E-state index is 12.0. The Morgan fingerprint density at radius 3 is 2.36 bits per heavy atom. The largest absolute Gasteiger partial charge is 0.292 e. The first-order chi connectivity index (χ1) is 6.78. The van der Waals surface area contributed by atoms with Gasteiger partial charge in [0.1, 0.15) is 5.41 Å². The first-order valence-corrected chi connectivity index (χ1v) is 4.80. The highest BCUT2D eigenvalue weighted by atomic mass is 16.1. The van der Waals surface area contributed by atoms with E-state index < -0.39 is 5.41 Å². The summed E-state index contributed by atoms with van der Waals surface area (Å²) in [6.07, 6.45) is 2.43. The predicted octanol–water partition coefficient (Wildman–Crippen LogP) is 2.56. The zero-order valence-corrected chi connectivity index (χ0v) is 7.86. The number of rotatable bonds is 2. The fraction of sp³-hybridized carbons (Fsp3) is 0.333. The van der Waals surface area contributed by atoms with Crippen LogP contribution in [0, 0.1) is 16.7 Å². The van der Waals surface area contributed by atoms with Gasteiger partial charge in [0.15, 0.2) is 5.78 Å². The molecule has 1 aromatic rings. The van der Waals surface area contributed by atoms with Gasteiger partial charge in [-0.25, -0.2) is 0 Å². The molecule has 2 rings (SSSR count). The molecule has 1 aromatic carbocycles. The van der Waals surface area contributed by atoms with Crippen molar-refractivity contribution in [3.8, 4) is 6.07 Å². The summed E-state index contributed by atoms with van der Waals surface area (Å²) in [5.74, 6) is -0.00755. The van der Waals surface area contributed by atoms with Gasteiger partial charge in [0.05, 0.1) is 6.07 Å². The summed E-state index contributed by atoms with van der Waals surface area (Å²) in [4.78, 5) is 12.0. The molecule has 0 bridgehead atoms. The smallest absolute Gasteiger partial charge is 0.183 e. The molecule has 2 nitrogen and oxygen atoms in total. The van der Waals surface area contributed by atoms with Crippen molar-refractivity contribution in [2.75, 3.05) is 0 Å². The van der Waals surface area contributed by atoms with Gasteiger partial charge in [0, 0.05) is 5.56 Å². The van der Waals surface area contributed by atoms with E-state index in [1.54, 1.807) is 12.1 Å². The average Bonchev–Trinajstić information content (AvgIpc) is 2.18. The van der Waals surface area contributed by atoms with Crippen molar-refractivity contribution in [1.29, 1.82) is 5.26 Å². The molecule has 0 aliphatic heterocycles. The molecule has 0 saturated heterocycles. The number of ketones is 1. The van der Waals surface area contributed by atoms with Crippen LogP contribution < -0.4 is 0 Å². The van der Waals surface area contributed by atoms with E-state index in [1.165, 1.54) is 0 Å². The van der Waals surface area contributed by atoms with Crippen molar-refractivity contribution in [2.24, 2.45) is 5.41 Å². The van der Waals surface area contributed by atoms with Crippen LogP contribution in [-0.2, 0) is 0 Å². The van der Waals surface area contributed by atoms with Gasteiger partial charge < -0.3 is 0 Å². The van der Waals surface area contributed by atoms with Gasteiger partial charge in [-0.15, -0.1) is 0 Å². The number of nitrogens with zero attached hydrogens (tertiary/aromatic N) is 1. The number of benzene rings is 1. The number of hydrogen-bond acceptors (Lipinski definition) is 2. The summed E-state index contributed by atoms with van der Waals surface area (Å²) in [6.45, 7) is 0. The lowest BCUT2D eigenvalue weighted by Crippen LogP contribution is -2.36. The minimum absolute atomic E-state index is 0.00755. The van der Waals surface area contributed by atoms with Gasteiger partial charge in [0.25, 0.3) is 0 Å². The van der Waals surface area contributed by atoms with Crippen molar-refractivity contribution < 1.29 is 4.79 Å². The minimum Gasteiger partial charge on any atom is -0.292 e. The molecular formula is C12H11NO. The maximum Gasteiger partial charge on any atom is 0.183 e. The topological polar surface area (TPSA) is 40.9 Å².